The van der Waals surface area contributed by atoms with E-state index in [1.165, 1.54) is 93.3 Å². The van der Waals surface area contributed by atoms with Gasteiger partial charge in [-0.25, -0.2) is 4.79 Å². The number of carboxylic acids is 1. The van der Waals surface area contributed by atoms with Crippen molar-refractivity contribution >= 4 is 84.2 Å². The van der Waals surface area contributed by atoms with Crippen LogP contribution in [0.1, 0.15) is 114 Å². The second-order valence-electron chi connectivity index (χ2n) is 18.8. The molecule has 1 aliphatic heterocycles. The molecule has 4 aromatic rings. The fourth-order valence-electron chi connectivity index (χ4n) is 7.33. The van der Waals surface area contributed by atoms with Gasteiger partial charge in [-0.2, -0.15) is 5.26 Å². The first-order valence-corrected chi connectivity index (χ1v) is 28.7. The van der Waals surface area contributed by atoms with Crippen LogP contribution in [0.4, 0.5) is 0 Å². The van der Waals surface area contributed by atoms with Crippen molar-refractivity contribution in [1.82, 2.24) is 4.90 Å². The maximum Gasteiger partial charge on any atom is 0.449 e. The number of carbonyl (C=O) groups excluding carboxylic acids is 1. The highest BCUT2D eigenvalue weighted by Crippen LogP contribution is 2.29. The number of unbranched alkanes of at least 4 members (excludes halogenated alkanes) is 9. The summed E-state index contributed by atoms with van der Waals surface area (Å²) in [5.41, 5.74) is 4.30. The minimum Gasteiger partial charge on any atom is -1.00 e. The first kappa shape index (κ1) is 72.3. The zero-order valence-electron chi connectivity index (χ0n) is 45.5. The number of aliphatic hydroxyl groups is 1. The molecule has 424 valence electrons. The van der Waals surface area contributed by atoms with Crippen LogP contribution in [0.15, 0.2) is 144 Å². The summed E-state index contributed by atoms with van der Waals surface area (Å²) in [5.74, 6) is 0.00504. The lowest BCUT2D eigenvalue weighted by Gasteiger charge is -2.30. The summed E-state index contributed by atoms with van der Waals surface area (Å²) >= 11 is 14.7. The number of alkyl halides is 3. The Morgan fingerprint density at radius 2 is 1.51 bits per heavy atom. The number of aliphatic hydroxyl groups excluding tert-OH is 1. The van der Waals surface area contributed by atoms with E-state index in [4.69, 9.17) is 55.1 Å². The summed E-state index contributed by atoms with van der Waals surface area (Å²) in [6, 6.07) is 32.3. The zero-order valence-corrected chi connectivity index (χ0v) is 50.2. The molecule has 0 saturated heterocycles. The van der Waals surface area contributed by atoms with Gasteiger partial charge in [0, 0.05) is 47.7 Å². The molecular formula is C58H79Cl4N5O8S2. The van der Waals surface area contributed by atoms with Crippen LogP contribution in [0.3, 0.4) is 0 Å². The number of carbonyl (C=O) groups is 2. The quantitative estimate of drug-likeness (QED) is 0.00823. The number of benzene rings is 3. The van der Waals surface area contributed by atoms with Gasteiger partial charge in [0.1, 0.15) is 23.2 Å². The Balaban J connectivity index is 0.000000951. The molecule has 19 heteroatoms. The number of carboxylic acid groups (broad SMARTS) is 1. The van der Waals surface area contributed by atoms with Crippen molar-refractivity contribution in [2.75, 3.05) is 46.7 Å². The average Bonchev–Trinajstić information content (AvgIpc) is 3.82. The highest BCUT2D eigenvalue weighted by atomic mass is 35.6. The van der Waals surface area contributed by atoms with Crippen molar-refractivity contribution in [1.29, 1.82) is 5.26 Å². The van der Waals surface area contributed by atoms with E-state index in [0.29, 0.717) is 36.3 Å². The van der Waals surface area contributed by atoms with Crippen molar-refractivity contribution < 1.29 is 51.0 Å². The number of hydrogen-bond donors (Lipinski definition) is 2. The van der Waals surface area contributed by atoms with Crippen molar-refractivity contribution in [3.05, 3.63) is 165 Å². The average molecular weight is 1180 g/mol. The molecule has 0 amide bonds. The predicted molar refractivity (Wildman–Crippen MR) is 316 cm³/mol. The Labute approximate surface area is 486 Å². The van der Waals surface area contributed by atoms with Gasteiger partial charge in [-0.15, -0.1) is 17.9 Å². The number of nitrogens with zero attached hydrogens (tertiary/aromatic N) is 5. The van der Waals surface area contributed by atoms with Crippen LogP contribution in [-0.4, -0.2) is 96.4 Å². The first-order chi connectivity index (χ1) is 36.1. The Morgan fingerprint density at radius 3 is 1.97 bits per heavy atom. The second-order valence-corrected chi connectivity index (χ2v) is 23.6. The fourth-order valence-corrected chi connectivity index (χ4v) is 9.51. The third-order valence-corrected chi connectivity index (χ3v) is 14.4. The van der Waals surface area contributed by atoms with Crippen LogP contribution in [0, 0.1) is 27.4 Å². The van der Waals surface area contributed by atoms with E-state index in [-0.39, 0.29) is 30.4 Å². The molecule has 2 aliphatic rings. The van der Waals surface area contributed by atoms with Crippen molar-refractivity contribution in [3.63, 3.8) is 0 Å². The molecule has 6 rings (SSSR count). The number of oxime groups is 1. The molecule has 0 radical (unpaired) electrons. The molecule has 1 aliphatic carbocycles. The fraction of sp³-hybridized carbons (Fsp3) is 0.448. The van der Waals surface area contributed by atoms with Crippen molar-refractivity contribution in [2.24, 2.45) is 11.1 Å². The standard InChI is InChI=1S/C21H38N.C12H12N2O2.C11H9NO2S2.C10H14O.C3H6O.CCl3NO2.ClH/c1-4-5-6-7-8-9-10-11-12-16-19-22(2,3)20-21-17-14-13-15-18-21;1-14(9-11(7-13)12(15)16)8-10-5-3-2-4-6-10;13-16-6-5-14-12-11(16)10-7-8-3-1-2-4-9(8)15-10;1-7(2)9-5-4-8(3)10(11)6-9;1-2-3-4;2-1(3,4)5(6)7;/h13-15,17-18H,4-12,16,19-20H2,1-3H3;2-6,9H,8H2,1H3,(H,15,16);1-4,7H,5-6H2;4,9H,1,5-6H2,2-3H3;2,4H,1,3H2;;1H/q+1;;;;;;/p-1/b;11-9+;;;;;. The smallest absolute Gasteiger partial charge is 0.449 e. The van der Waals surface area contributed by atoms with Crippen molar-refractivity contribution in [2.45, 2.75) is 115 Å². The number of allylic oxidation sites excluding steroid dienone is 3. The molecule has 77 heavy (non-hydrogen) atoms. The van der Waals surface area contributed by atoms with Gasteiger partial charge >= 0.3 is 9.89 Å². The van der Waals surface area contributed by atoms with Gasteiger partial charge in [0.15, 0.2) is 18.0 Å². The van der Waals surface area contributed by atoms with E-state index in [0.717, 1.165) is 44.4 Å². The summed E-state index contributed by atoms with van der Waals surface area (Å²) < 4.78 is 11.7. The van der Waals surface area contributed by atoms with E-state index in [2.05, 4.69) is 75.7 Å². The number of halogens is 4. The SMILES string of the molecule is C=C(C)C1CC=C(C)C(=O)C1.C=CCO.CCCCCCCCCCCC[N+](C)(C)Cc1ccccc1.CN(/C=C(\C#N)C(=O)O)Cc1ccccc1.O=[N+]([O-])C(Cl)(Cl)Cl.[Cl-].[O-][S+]1CCON=C1c1cc2ccccc2s1. The van der Waals surface area contributed by atoms with Crippen molar-refractivity contribution in [3.8, 4) is 6.07 Å². The van der Waals surface area contributed by atoms with Crippen LogP contribution in [0.5, 0.6) is 0 Å². The number of aliphatic carboxylic acids is 1. The number of hydrogen-bond acceptors (Lipinski definition) is 11. The van der Waals surface area contributed by atoms with Gasteiger partial charge in [-0.05, 0) is 108 Å². The molecule has 3 aromatic carbocycles. The van der Waals surface area contributed by atoms with Gasteiger partial charge in [-0.3, -0.25) is 14.9 Å². The zero-order chi connectivity index (χ0) is 56.9. The molecule has 2 N–H and O–H groups in total. The molecule has 2 heterocycles. The van der Waals surface area contributed by atoms with E-state index in [9.17, 15) is 24.3 Å². The summed E-state index contributed by atoms with van der Waals surface area (Å²) in [5, 5.41) is 40.1. The minimum absolute atomic E-state index is 0. The number of Topliss-reactive ketones (excluding diaryl/α,β-unsaturated/α-hetero) is 1. The highest BCUT2D eigenvalue weighted by molar-refractivity contribution is 8.07. The summed E-state index contributed by atoms with van der Waals surface area (Å²) in [7, 11) is 6.45. The maximum atomic E-state index is 11.8. The lowest BCUT2D eigenvalue weighted by molar-refractivity contribution is -0.903. The number of quaternary nitrogens is 1. The van der Waals surface area contributed by atoms with Gasteiger partial charge in [-0.1, -0.05) is 161 Å². The predicted octanol–water partition coefficient (Wildman–Crippen LogP) is 11.4. The van der Waals surface area contributed by atoms with Crippen LogP contribution in [-0.2, 0) is 38.7 Å². The van der Waals surface area contributed by atoms with Gasteiger partial charge < -0.3 is 41.4 Å². The molecule has 13 nitrogen and oxygen atoms in total. The molecular weight excluding hydrogens is 1100 g/mol. The van der Waals surface area contributed by atoms with Gasteiger partial charge in [0.25, 0.3) is 5.04 Å². The van der Waals surface area contributed by atoms with E-state index < -0.39 is 26.0 Å². The summed E-state index contributed by atoms with van der Waals surface area (Å²) in [6.45, 7) is 16.8. The third kappa shape index (κ3) is 33.3. The number of nitriles is 1. The summed E-state index contributed by atoms with van der Waals surface area (Å²) in [6.07, 6.45) is 20.7. The monoisotopic (exact) mass is 1180 g/mol. The maximum absolute atomic E-state index is 11.8. The highest BCUT2D eigenvalue weighted by Gasteiger charge is 2.34. The number of ketones is 1. The Kier molecular flexibility index (Phi) is 38.8. The third-order valence-electron chi connectivity index (χ3n) is 11.5. The van der Waals surface area contributed by atoms with E-state index in [1.807, 2.05) is 74.5 Å². The minimum atomic E-state index is -2.36. The molecule has 0 spiro atoms. The summed E-state index contributed by atoms with van der Waals surface area (Å²) in [4.78, 5) is 37.8. The Bertz CT molecular complexity index is 2450. The largest absolute Gasteiger partial charge is 1.00 e. The molecule has 0 bridgehead atoms. The van der Waals surface area contributed by atoms with Crippen LogP contribution in [0.2, 0.25) is 0 Å². The topological polar surface area (TPSA) is 189 Å². The van der Waals surface area contributed by atoms with E-state index in [1.54, 1.807) is 29.4 Å². The molecule has 2 unspecified atom stereocenters. The van der Waals surface area contributed by atoms with Crippen LogP contribution >= 0.6 is 46.1 Å². The molecule has 1 aromatic heterocycles. The molecule has 0 saturated carbocycles. The van der Waals surface area contributed by atoms with E-state index >= 15 is 0 Å². The number of nitro groups is 1. The second kappa shape index (κ2) is 41.3. The molecule has 0 fully saturated rings. The Morgan fingerprint density at radius 1 is 0.987 bits per heavy atom. The van der Waals surface area contributed by atoms with Crippen LogP contribution in [0.25, 0.3) is 10.1 Å². The number of rotatable bonds is 20. The van der Waals surface area contributed by atoms with Gasteiger partial charge in [0.2, 0.25) is 0 Å². The number of thiophene rings is 1. The normalized spacial score (nSPS) is 14.7. The van der Waals surface area contributed by atoms with Gasteiger partial charge in [0.05, 0.1) is 32.2 Å². The van der Waals surface area contributed by atoms with Crippen LogP contribution < -0.4 is 12.4 Å². The number of fused-ring (bicyclic) bond motifs is 1. The first-order valence-electron chi connectivity index (χ1n) is 25.4. The molecule has 2 atom stereocenters. The lowest BCUT2D eigenvalue weighted by atomic mass is 9.85. The lowest BCUT2D eigenvalue weighted by Crippen LogP contribution is -3.00. The Hall–Kier alpha value is -4.73.